The van der Waals surface area contributed by atoms with E-state index in [1.165, 1.54) is 64.6 Å². The van der Waals surface area contributed by atoms with Gasteiger partial charge in [-0.1, -0.05) is 56.6 Å². The number of rotatable bonds is 16. The summed E-state index contributed by atoms with van der Waals surface area (Å²) in [6, 6.07) is 0. The molecule has 0 bridgehead atoms. The van der Waals surface area contributed by atoms with Crippen LogP contribution in [-0.4, -0.2) is 30.9 Å². The van der Waals surface area contributed by atoms with Crippen LogP contribution < -0.4 is 0 Å². The Morgan fingerprint density at radius 2 is 1.48 bits per heavy atom. The summed E-state index contributed by atoms with van der Waals surface area (Å²) in [6.07, 6.45) is 17.2. The Morgan fingerprint density at radius 1 is 0.839 bits per heavy atom. The van der Waals surface area contributed by atoms with Gasteiger partial charge in [-0.2, -0.15) is 0 Å². The van der Waals surface area contributed by atoms with Crippen molar-refractivity contribution in [3.05, 3.63) is 11.6 Å². The Labute approximate surface area is 189 Å². The Morgan fingerprint density at radius 3 is 2.16 bits per heavy atom. The van der Waals surface area contributed by atoms with Crippen molar-refractivity contribution < 1.29 is 23.9 Å². The topological polar surface area (TPSA) is 69.7 Å². The van der Waals surface area contributed by atoms with Crippen LogP contribution in [0.5, 0.6) is 0 Å². The van der Waals surface area contributed by atoms with Gasteiger partial charge in [0.25, 0.3) is 0 Å². The van der Waals surface area contributed by atoms with Crippen LogP contribution in [0.3, 0.4) is 0 Å². The second kappa shape index (κ2) is 16.0. The van der Waals surface area contributed by atoms with Crippen molar-refractivity contribution in [3.8, 4) is 0 Å². The average molecular weight is 437 g/mol. The van der Waals surface area contributed by atoms with Crippen LogP contribution >= 0.6 is 0 Å². The zero-order valence-corrected chi connectivity index (χ0v) is 20.3. The summed E-state index contributed by atoms with van der Waals surface area (Å²) in [6.45, 7) is 5.81. The van der Waals surface area contributed by atoms with Crippen LogP contribution in [-0.2, 0) is 23.9 Å². The van der Waals surface area contributed by atoms with E-state index < -0.39 is 11.8 Å². The van der Waals surface area contributed by atoms with Crippen molar-refractivity contribution in [2.24, 2.45) is 11.8 Å². The quantitative estimate of drug-likeness (QED) is 0.122. The molecule has 5 heteroatoms. The molecular formula is C26H44O5. The van der Waals surface area contributed by atoms with Crippen molar-refractivity contribution in [3.63, 3.8) is 0 Å². The minimum Gasteiger partial charge on any atom is -0.463 e. The Hall–Kier alpha value is -1.65. The van der Waals surface area contributed by atoms with Crippen molar-refractivity contribution in [2.45, 2.75) is 117 Å². The predicted molar refractivity (Wildman–Crippen MR) is 124 cm³/mol. The molecule has 0 spiro atoms. The van der Waals surface area contributed by atoms with E-state index in [1.54, 1.807) is 0 Å². The zero-order chi connectivity index (χ0) is 23.1. The van der Waals surface area contributed by atoms with Crippen molar-refractivity contribution >= 4 is 17.7 Å². The highest BCUT2D eigenvalue weighted by molar-refractivity contribution is 6.33. The first kappa shape index (κ1) is 27.4. The SMILES string of the molecule is COC(=O)C(=O)CCCCC[C@@H]1[C@@H](CCCCCCCC=C(C)C)CC[C@@H]1OC(C)=O. The summed E-state index contributed by atoms with van der Waals surface area (Å²) >= 11 is 0. The number of hydrogen-bond donors (Lipinski definition) is 0. The first-order chi connectivity index (χ1) is 14.8. The van der Waals surface area contributed by atoms with Gasteiger partial charge >= 0.3 is 11.9 Å². The van der Waals surface area contributed by atoms with Gasteiger partial charge in [-0.05, 0) is 64.2 Å². The van der Waals surface area contributed by atoms with Gasteiger partial charge < -0.3 is 9.47 Å². The van der Waals surface area contributed by atoms with Crippen LogP contribution in [0.4, 0.5) is 0 Å². The molecular weight excluding hydrogens is 392 g/mol. The summed E-state index contributed by atoms with van der Waals surface area (Å²) in [5.41, 5.74) is 1.41. The monoisotopic (exact) mass is 436 g/mol. The molecule has 0 aromatic rings. The van der Waals surface area contributed by atoms with Gasteiger partial charge in [0.05, 0.1) is 7.11 Å². The summed E-state index contributed by atoms with van der Waals surface area (Å²) in [5.74, 6) is -0.317. The van der Waals surface area contributed by atoms with Gasteiger partial charge in [-0.25, -0.2) is 4.79 Å². The first-order valence-electron chi connectivity index (χ1n) is 12.3. The molecule has 0 amide bonds. The van der Waals surface area contributed by atoms with Crippen LogP contribution in [0.2, 0.25) is 0 Å². The average Bonchev–Trinajstić information content (AvgIpc) is 3.09. The maximum atomic E-state index is 11.5. The lowest BCUT2D eigenvalue weighted by Crippen LogP contribution is -2.24. The molecule has 31 heavy (non-hydrogen) atoms. The lowest BCUT2D eigenvalue weighted by molar-refractivity contribution is -0.151. The maximum absolute atomic E-state index is 11.5. The molecule has 3 atom stereocenters. The fraction of sp³-hybridized carbons (Fsp3) is 0.808. The molecule has 1 aliphatic carbocycles. The maximum Gasteiger partial charge on any atom is 0.374 e. The van der Waals surface area contributed by atoms with Crippen molar-refractivity contribution in [2.75, 3.05) is 7.11 Å². The van der Waals surface area contributed by atoms with E-state index in [4.69, 9.17) is 4.74 Å². The van der Waals surface area contributed by atoms with Gasteiger partial charge in [-0.3, -0.25) is 9.59 Å². The Balaban J connectivity index is 2.32. The Bertz CT molecular complexity index is 576. The first-order valence-corrected chi connectivity index (χ1v) is 12.3. The van der Waals surface area contributed by atoms with E-state index in [0.717, 1.165) is 32.1 Å². The minimum absolute atomic E-state index is 0.0447. The second-order valence-corrected chi connectivity index (χ2v) is 9.29. The highest BCUT2D eigenvalue weighted by Crippen LogP contribution is 2.40. The van der Waals surface area contributed by atoms with E-state index in [1.807, 2.05) is 0 Å². The number of ether oxygens (including phenoxy) is 2. The number of ketones is 1. The molecule has 1 saturated carbocycles. The van der Waals surface area contributed by atoms with Gasteiger partial charge in [-0.15, -0.1) is 0 Å². The van der Waals surface area contributed by atoms with Crippen LogP contribution in [0.1, 0.15) is 111 Å². The van der Waals surface area contributed by atoms with Crippen LogP contribution in [0.15, 0.2) is 11.6 Å². The highest BCUT2D eigenvalue weighted by atomic mass is 16.5. The molecule has 1 fully saturated rings. The number of esters is 2. The molecule has 0 aromatic heterocycles. The molecule has 0 heterocycles. The van der Waals surface area contributed by atoms with E-state index in [0.29, 0.717) is 18.3 Å². The van der Waals surface area contributed by atoms with E-state index in [-0.39, 0.29) is 18.5 Å². The van der Waals surface area contributed by atoms with E-state index in [9.17, 15) is 14.4 Å². The number of hydrogen-bond acceptors (Lipinski definition) is 5. The number of allylic oxidation sites excluding steroid dienone is 2. The number of methoxy groups -OCH3 is 1. The van der Waals surface area contributed by atoms with Gasteiger partial charge in [0, 0.05) is 13.3 Å². The molecule has 0 aromatic carbocycles. The predicted octanol–water partition coefficient (Wildman–Crippen LogP) is 6.33. The smallest absolute Gasteiger partial charge is 0.374 e. The fourth-order valence-electron chi connectivity index (χ4n) is 4.78. The van der Waals surface area contributed by atoms with Crippen molar-refractivity contribution in [1.82, 2.24) is 0 Å². The lowest BCUT2D eigenvalue weighted by atomic mass is 9.85. The molecule has 0 unspecified atom stereocenters. The highest BCUT2D eigenvalue weighted by Gasteiger charge is 2.37. The van der Waals surface area contributed by atoms with Crippen molar-refractivity contribution in [1.29, 1.82) is 0 Å². The largest absolute Gasteiger partial charge is 0.463 e. The number of Topliss-reactive ketones (excluding diaryl/α,β-unsaturated/α-hetero) is 1. The molecule has 1 aliphatic rings. The van der Waals surface area contributed by atoms with Crippen LogP contribution in [0.25, 0.3) is 0 Å². The van der Waals surface area contributed by atoms with Gasteiger partial charge in [0.1, 0.15) is 6.10 Å². The fourth-order valence-corrected chi connectivity index (χ4v) is 4.78. The lowest BCUT2D eigenvalue weighted by Gasteiger charge is -2.25. The summed E-state index contributed by atoms with van der Waals surface area (Å²) in [5, 5.41) is 0. The number of carbonyl (C=O) groups excluding carboxylic acids is 3. The molecule has 0 radical (unpaired) electrons. The third-order valence-electron chi connectivity index (χ3n) is 6.41. The zero-order valence-electron chi connectivity index (χ0n) is 20.3. The Kier molecular flexibility index (Phi) is 14.2. The van der Waals surface area contributed by atoms with Crippen LogP contribution in [0, 0.1) is 11.8 Å². The molecule has 0 saturated heterocycles. The second-order valence-electron chi connectivity index (χ2n) is 9.29. The normalized spacial score (nSPS) is 20.3. The minimum atomic E-state index is -0.747. The third kappa shape index (κ3) is 12.1. The summed E-state index contributed by atoms with van der Waals surface area (Å²) < 4.78 is 10.1. The summed E-state index contributed by atoms with van der Waals surface area (Å²) in [4.78, 5) is 34.2. The standard InChI is InChI=1S/C26H44O5/c1-20(2)14-10-7-5-6-8-11-15-22-18-19-25(31-21(3)27)23(22)16-12-9-13-17-24(28)26(29)30-4/h14,22-23,25H,5-13,15-19H2,1-4H3/t22-,23+,25-/m0/s1. The molecule has 1 rings (SSSR count). The summed E-state index contributed by atoms with van der Waals surface area (Å²) in [7, 11) is 1.24. The third-order valence-corrected chi connectivity index (χ3v) is 6.41. The number of carbonyl (C=O) groups is 3. The molecule has 0 aliphatic heterocycles. The van der Waals surface area contributed by atoms with E-state index >= 15 is 0 Å². The molecule has 5 nitrogen and oxygen atoms in total. The van der Waals surface area contributed by atoms with Gasteiger partial charge in [0.2, 0.25) is 5.78 Å². The molecule has 178 valence electrons. The van der Waals surface area contributed by atoms with Gasteiger partial charge in [0.15, 0.2) is 0 Å². The van der Waals surface area contributed by atoms with E-state index in [2.05, 4.69) is 24.7 Å². The molecule has 0 N–H and O–H groups in total. The number of unbranched alkanes of at least 4 members (excludes halogenated alkanes) is 7.